The van der Waals surface area contributed by atoms with Crippen LogP contribution in [0.15, 0.2) is 24.3 Å². The van der Waals surface area contributed by atoms with Gasteiger partial charge in [0.15, 0.2) is 0 Å². The Labute approximate surface area is 111 Å². The standard InChI is InChI=1S/C12H16F3NO.ClH/c1-3-8(2)17-10-6-4-9(5-7-10)11(16)12(13,14)15;/h4-8,11H,3,16H2,1-2H3;1H/t8?,11-;/m1./s1. The molecule has 0 aromatic heterocycles. The van der Waals surface area contributed by atoms with Crippen LogP contribution >= 0.6 is 12.4 Å². The van der Waals surface area contributed by atoms with Crippen LogP contribution in [0.4, 0.5) is 13.2 Å². The zero-order valence-corrected chi connectivity index (χ0v) is 11.0. The van der Waals surface area contributed by atoms with Gasteiger partial charge in [0.05, 0.1) is 6.10 Å². The fourth-order valence-corrected chi connectivity index (χ4v) is 1.26. The third-order valence-electron chi connectivity index (χ3n) is 2.50. The van der Waals surface area contributed by atoms with Crippen molar-refractivity contribution in [1.82, 2.24) is 0 Å². The number of hydrogen-bond donors (Lipinski definition) is 1. The third kappa shape index (κ3) is 4.74. The quantitative estimate of drug-likeness (QED) is 0.911. The zero-order valence-electron chi connectivity index (χ0n) is 10.2. The summed E-state index contributed by atoms with van der Waals surface area (Å²) in [5.41, 5.74) is 5.12. The molecule has 1 aromatic rings. The summed E-state index contributed by atoms with van der Waals surface area (Å²) >= 11 is 0. The van der Waals surface area contributed by atoms with Crippen molar-refractivity contribution in [3.05, 3.63) is 29.8 Å². The van der Waals surface area contributed by atoms with Crippen molar-refractivity contribution in [3.8, 4) is 5.75 Å². The van der Waals surface area contributed by atoms with Gasteiger partial charge in [-0.15, -0.1) is 12.4 Å². The first kappa shape index (κ1) is 17.1. The van der Waals surface area contributed by atoms with E-state index >= 15 is 0 Å². The highest BCUT2D eigenvalue weighted by molar-refractivity contribution is 5.85. The van der Waals surface area contributed by atoms with E-state index in [-0.39, 0.29) is 24.1 Å². The average molecular weight is 284 g/mol. The highest BCUT2D eigenvalue weighted by Gasteiger charge is 2.37. The molecule has 0 saturated heterocycles. The summed E-state index contributed by atoms with van der Waals surface area (Å²) in [4.78, 5) is 0. The molecule has 18 heavy (non-hydrogen) atoms. The molecule has 1 aromatic carbocycles. The van der Waals surface area contributed by atoms with Gasteiger partial charge >= 0.3 is 6.18 Å². The van der Waals surface area contributed by atoms with Crippen LogP contribution in [-0.4, -0.2) is 12.3 Å². The molecule has 0 saturated carbocycles. The van der Waals surface area contributed by atoms with Crippen LogP contribution in [-0.2, 0) is 0 Å². The second kappa shape index (κ2) is 6.85. The van der Waals surface area contributed by atoms with Crippen LogP contribution in [0.2, 0.25) is 0 Å². The number of rotatable bonds is 4. The Kier molecular flexibility index (Phi) is 6.49. The monoisotopic (exact) mass is 283 g/mol. The Hall–Kier alpha value is -0.940. The second-order valence-electron chi connectivity index (χ2n) is 3.93. The largest absolute Gasteiger partial charge is 0.491 e. The number of nitrogens with two attached hydrogens (primary N) is 1. The maximum absolute atomic E-state index is 12.3. The lowest BCUT2D eigenvalue weighted by Gasteiger charge is -2.17. The molecule has 0 bridgehead atoms. The Morgan fingerprint density at radius 3 is 2.11 bits per heavy atom. The molecule has 0 aliphatic rings. The summed E-state index contributed by atoms with van der Waals surface area (Å²) in [6, 6.07) is 3.76. The molecule has 0 fully saturated rings. The molecule has 0 amide bonds. The number of alkyl halides is 3. The maximum Gasteiger partial charge on any atom is 0.407 e. The number of halogens is 4. The lowest BCUT2D eigenvalue weighted by Crippen LogP contribution is -2.28. The maximum atomic E-state index is 12.3. The Morgan fingerprint density at radius 1 is 1.22 bits per heavy atom. The normalized spacial score (nSPS) is 14.6. The molecule has 2 atom stereocenters. The minimum Gasteiger partial charge on any atom is -0.491 e. The molecule has 0 spiro atoms. The van der Waals surface area contributed by atoms with Gasteiger partial charge in [-0.1, -0.05) is 19.1 Å². The molecule has 0 radical (unpaired) electrons. The van der Waals surface area contributed by atoms with Gasteiger partial charge in [-0.05, 0) is 31.0 Å². The first-order valence-electron chi connectivity index (χ1n) is 5.43. The van der Waals surface area contributed by atoms with Crippen molar-refractivity contribution < 1.29 is 17.9 Å². The van der Waals surface area contributed by atoms with E-state index in [9.17, 15) is 13.2 Å². The van der Waals surface area contributed by atoms with Crippen LogP contribution < -0.4 is 10.5 Å². The van der Waals surface area contributed by atoms with Crippen molar-refractivity contribution in [2.75, 3.05) is 0 Å². The third-order valence-corrected chi connectivity index (χ3v) is 2.50. The van der Waals surface area contributed by atoms with Gasteiger partial charge in [-0.3, -0.25) is 0 Å². The van der Waals surface area contributed by atoms with E-state index < -0.39 is 12.2 Å². The number of benzene rings is 1. The Bertz CT molecular complexity index is 353. The Balaban J connectivity index is 0.00000289. The van der Waals surface area contributed by atoms with E-state index in [0.717, 1.165) is 6.42 Å². The highest BCUT2D eigenvalue weighted by atomic mass is 35.5. The van der Waals surface area contributed by atoms with Crippen LogP contribution in [0.5, 0.6) is 5.75 Å². The second-order valence-corrected chi connectivity index (χ2v) is 3.93. The van der Waals surface area contributed by atoms with E-state index in [1.54, 1.807) is 0 Å². The fourth-order valence-electron chi connectivity index (χ4n) is 1.26. The summed E-state index contributed by atoms with van der Waals surface area (Å²) < 4.78 is 42.5. The minimum absolute atomic E-state index is 0. The van der Waals surface area contributed by atoms with Crippen LogP contribution in [0.1, 0.15) is 31.9 Å². The lowest BCUT2D eigenvalue weighted by atomic mass is 10.1. The van der Waals surface area contributed by atoms with Crippen LogP contribution in [0.25, 0.3) is 0 Å². The van der Waals surface area contributed by atoms with Crippen molar-refractivity contribution in [1.29, 1.82) is 0 Å². The van der Waals surface area contributed by atoms with Gasteiger partial charge in [0.1, 0.15) is 11.8 Å². The minimum atomic E-state index is -4.42. The molecular weight excluding hydrogens is 267 g/mol. The Morgan fingerprint density at radius 2 is 1.72 bits per heavy atom. The lowest BCUT2D eigenvalue weighted by molar-refractivity contribution is -0.149. The SMILES string of the molecule is CCC(C)Oc1ccc([C@@H](N)C(F)(F)F)cc1.Cl. The zero-order chi connectivity index (χ0) is 13.1. The van der Waals surface area contributed by atoms with Crippen molar-refractivity contribution in [3.63, 3.8) is 0 Å². The summed E-state index contributed by atoms with van der Waals surface area (Å²) in [5.74, 6) is 0.553. The molecule has 0 aliphatic carbocycles. The molecule has 2 nitrogen and oxygen atoms in total. The molecule has 2 N–H and O–H groups in total. The number of hydrogen-bond acceptors (Lipinski definition) is 2. The van der Waals surface area contributed by atoms with E-state index in [4.69, 9.17) is 10.5 Å². The van der Waals surface area contributed by atoms with Crippen molar-refractivity contribution >= 4 is 12.4 Å². The van der Waals surface area contributed by atoms with Gasteiger partial charge in [-0.2, -0.15) is 13.2 Å². The van der Waals surface area contributed by atoms with Gasteiger partial charge in [-0.25, -0.2) is 0 Å². The van der Waals surface area contributed by atoms with Gasteiger partial charge in [0.2, 0.25) is 0 Å². The smallest absolute Gasteiger partial charge is 0.407 e. The van der Waals surface area contributed by atoms with Crippen LogP contribution in [0.3, 0.4) is 0 Å². The first-order valence-corrected chi connectivity index (χ1v) is 5.43. The summed E-state index contributed by atoms with van der Waals surface area (Å²) in [5, 5.41) is 0. The first-order chi connectivity index (χ1) is 7.84. The van der Waals surface area contributed by atoms with Crippen molar-refractivity contribution in [2.24, 2.45) is 5.73 Å². The molecule has 0 heterocycles. The average Bonchev–Trinajstić information content (AvgIpc) is 2.27. The molecule has 6 heteroatoms. The highest BCUT2D eigenvalue weighted by Crippen LogP contribution is 2.31. The molecule has 1 rings (SSSR count). The predicted molar refractivity (Wildman–Crippen MR) is 67.1 cm³/mol. The summed E-state index contributed by atoms with van der Waals surface area (Å²) in [6.45, 7) is 3.87. The van der Waals surface area contributed by atoms with E-state index in [2.05, 4.69) is 0 Å². The van der Waals surface area contributed by atoms with Gasteiger partial charge in [0.25, 0.3) is 0 Å². The summed E-state index contributed by atoms with van der Waals surface area (Å²) in [6.07, 6.45) is -3.54. The van der Waals surface area contributed by atoms with Gasteiger partial charge in [0, 0.05) is 0 Å². The van der Waals surface area contributed by atoms with E-state index in [1.165, 1.54) is 24.3 Å². The topological polar surface area (TPSA) is 35.2 Å². The summed E-state index contributed by atoms with van der Waals surface area (Å²) in [7, 11) is 0. The van der Waals surface area contributed by atoms with Gasteiger partial charge < -0.3 is 10.5 Å². The molecule has 1 unspecified atom stereocenters. The fraction of sp³-hybridized carbons (Fsp3) is 0.500. The predicted octanol–water partition coefficient (Wildman–Crippen LogP) is 3.85. The molecular formula is C12H17ClF3NO. The van der Waals surface area contributed by atoms with Crippen LogP contribution in [0, 0.1) is 0 Å². The molecule has 0 aliphatic heterocycles. The molecule has 104 valence electrons. The van der Waals surface area contributed by atoms with E-state index in [0.29, 0.717) is 5.75 Å². The van der Waals surface area contributed by atoms with E-state index in [1.807, 2.05) is 13.8 Å². The number of ether oxygens (including phenoxy) is 1. The van der Waals surface area contributed by atoms with Crippen molar-refractivity contribution in [2.45, 2.75) is 38.6 Å².